The van der Waals surface area contributed by atoms with Crippen molar-refractivity contribution < 1.29 is 18.8 Å². The number of esters is 1. The molecule has 2 aromatic carbocycles. The van der Waals surface area contributed by atoms with Crippen molar-refractivity contribution in [3.8, 4) is 17.1 Å². The van der Waals surface area contributed by atoms with Gasteiger partial charge in [-0.25, -0.2) is 4.79 Å². The van der Waals surface area contributed by atoms with Crippen LogP contribution in [0.1, 0.15) is 16.2 Å². The lowest BCUT2D eigenvalue weighted by atomic mass is 10.2. The van der Waals surface area contributed by atoms with E-state index in [0.29, 0.717) is 32.2 Å². The summed E-state index contributed by atoms with van der Waals surface area (Å²) in [6.45, 7) is -0.143. The van der Waals surface area contributed by atoms with Crippen LogP contribution in [0.15, 0.2) is 51.5 Å². The third-order valence-corrected chi connectivity index (χ3v) is 4.20. The lowest BCUT2D eigenvalue weighted by molar-refractivity contribution is 0.0428. The molecule has 0 aliphatic rings. The fourth-order valence-electron chi connectivity index (χ4n) is 2.05. The second-order valence-corrected chi connectivity index (χ2v) is 6.23. The van der Waals surface area contributed by atoms with Crippen molar-refractivity contribution in [2.45, 2.75) is 6.61 Å². The van der Waals surface area contributed by atoms with Gasteiger partial charge in [0, 0.05) is 15.1 Å². The highest BCUT2D eigenvalue weighted by atomic mass is 79.9. The minimum Gasteiger partial charge on any atom is -0.497 e. The highest BCUT2D eigenvalue weighted by Gasteiger charge is 2.16. The van der Waals surface area contributed by atoms with Gasteiger partial charge in [0.1, 0.15) is 5.75 Å². The van der Waals surface area contributed by atoms with Gasteiger partial charge in [0.25, 0.3) is 5.89 Å². The first-order valence-corrected chi connectivity index (χ1v) is 8.33. The zero-order valence-electron chi connectivity index (χ0n) is 13.0. The van der Waals surface area contributed by atoms with E-state index in [1.807, 2.05) is 0 Å². The molecule has 1 heterocycles. The van der Waals surface area contributed by atoms with E-state index in [1.165, 1.54) is 7.11 Å². The first-order chi connectivity index (χ1) is 12.1. The summed E-state index contributed by atoms with van der Waals surface area (Å²) in [5, 5.41) is 4.43. The Morgan fingerprint density at radius 2 is 2.12 bits per heavy atom. The van der Waals surface area contributed by atoms with Gasteiger partial charge >= 0.3 is 5.97 Å². The van der Waals surface area contributed by atoms with Gasteiger partial charge in [-0.2, -0.15) is 4.98 Å². The van der Waals surface area contributed by atoms with E-state index >= 15 is 0 Å². The number of rotatable bonds is 5. The summed E-state index contributed by atoms with van der Waals surface area (Å²) in [5.74, 6) is 0.572. The van der Waals surface area contributed by atoms with Crippen molar-refractivity contribution in [2.75, 3.05) is 7.11 Å². The second kappa shape index (κ2) is 7.67. The molecule has 0 bridgehead atoms. The average molecular weight is 424 g/mol. The van der Waals surface area contributed by atoms with Gasteiger partial charge in [-0.05, 0) is 46.3 Å². The summed E-state index contributed by atoms with van der Waals surface area (Å²) in [7, 11) is 1.52. The van der Waals surface area contributed by atoms with Crippen LogP contribution in [0, 0.1) is 0 Å². The number of carbonyl (C=O) groups is 1. The van der Waals surface area contributed by atoms with Gasteiger partial charge < -0.3 is 14.0 Å². The van der Waals surface area contributed by atoms with Crippen LogP contribution in [0.3, 0.4) is 0 Å². The minimum atomic E-state index is -0.534. The van der Waals surface area contributed by atoms with E-state index in [0.717, 1.165) is 0 Å². The quantitative estimate of drug-likeness (QED) is 0.562. The van der Waals surface area contributed by atoms with Crippen LogP contribution >= 0.6 is 27.5 Å². The van der Waals surface area contributed by atoms with Gasteiger partial charge in [-0.3, -0.25) is 0 Å². The monoisotopic (exact) mass is 422 g/mol. The fraction of sp³-hybridized carbons (Fsp3) is 0.118. The first kappa shape index (κ1) is 17.4. The smallest absolute Gasteiger partial charge is 0.339 e. The molecule has 3 aromatic rings. The van der Waals surface area contributed by atoms with E-state index < -0.39 is 5.97 Å². The lowest BCUT2D eigenvalue weighted by Crippen LogP contribution is -2.06. The average Bonchev–Trinajstić information content (AvgIpc) is 3.09. The normalized spacial score (nSPS) is 10.5. The lowest BCUT2D eigenvalue weighted by Gasteiger charge is -2.06. The van der Waals surface area contributed by atoms with Crippen LogP contribution in [-0.2, 0) is 11.3 Å². The fourth-order valence-corrected chi connectivity index (χ4v) is 2.65. The maximum Gasteiger partial charge on any atom is 0.339 e. The largest absolute Gasteiger partial charge is 0.497 e. The second-order valence-electron chi connectivity index (χ2n) is 4.94. The standard InChI is InChI=1S/C17H12BrClN2O4/c1-23-12-5-6-14(18)13(8-12)17(22)24-9-15-20-16(21-25-15)10-3-2-4-11(19)7-10/h2-8H,9H2,1H3. The summed E-state index contributed by atoms with van der Waals surface area (Å²) in [4.78, 5) is 16.4. The van der Waals surface area contributed by atoms with Crippen molar-refractivity contribution in [1.29, 1.82) is 0 Å². The van der Waals surface area contributed by atoms with Crippen LogP contribution in [-0.4, -0.2) is 23.2 Å². The molecule has 1 aromatic heterocycles. The molecule has 0 saturated carbocycles. The van der Waals surface area contributed by atoms with Crippen LogP contribution in [0.25, 0.3) is 11.4 Å². The third-order valence-electron chi connectivity index (χ3n) is 3.27. The minimum absolute atomic E-state index is 0.143. The van der Waals surface area contributed by atoms with E-state index in [-0.39, 0.29) is 12.5 Å². The van der Waals surface area contributed by atoms with Crippen molar-refractivity contribution in [2.24, 2.45) is 0 Å². The number of halogens is 2. The Hall–Kier alpha value is -2.38. The molecule has 25 heavy (non-hydrogen) atoms. The van der Waals surface area contributed by atoms with E-state index in [2.05, 4.69) is 26.1 Å². The molecule has 0 saturated heterocycles. The summed E-state index contributed by atoms with van der Waals surface area (Å²) in [5.41, 5.74) is 1.05. The molecule has 0 fully saturated rings. The highest BCUT2D eigenvalue weighted by molar-refractivity contribution is 9.10. The Morgan fingerprint density at radius 1 is 1.28 bits per heavy atom. The number of hydrogen-bond acceptors (Lipinski definition) is 6. The van der Waals surface area contributed by atoms with Gasteiger partial charge in [0.2, 0.25) is 5.82 Å². The first-order valence-electron chi connectivity index (χ1n) is 7.16. The molecule has 3 rings (SSSR count). The predicted octanol–water partition coefficient (Wildman–Crippen LogP) is 4.52. The van der Waals surface area contributed by atoms with Crippen LogP contribution < -0.4 is 4.74 Å². The summed E-state index contributed by atoms with van der Waals surface area (Å²) < 4.78 is 16.0. The Bertz CT molecular complexity index is 913. The Kier molecular flexibility index (Phi) is 5.35. The zero-order chi connectivity index (χ0) is 17.8. The molecule has 6 nitrogen and oxygen atoms in total. The molecular formula is C17H12BrClN2O4. The van der Waals surface area contributed by atoms with E-state index in [1.54, 1.807) is 42.5 Å². The Balaban J connectivity index is 1.69. The van der Waals surface area contributed by atoms with Crippen molar-refractivity contribution in [3.05, 3.63) is 63.4 Å². The molecule has 0 atom stereocenters. The number of hydrogen-bond donors (Lipinski definition) is 0. The highest BCUT2D eigenvalue weighted by Crippen LogP contribution is 2.24. The molecular weight excluding hydrogens is 412 g/mol. The van der Waals surface area contributed by atoms with Crippen molar-refractivity contribution in [1.82, 2.24) is 10.1 Å². The van der Waals surface area contributed by atoms with E-state index in [4.69, 9.17) is 25.6 Å². The Morgan fingerprint density at radius 3 is 2.88 bits per heavy atom. The van der Waals surface area contributed by atoms with Crippen LogP contribution in [0.5, 0.6) is 5.75 Å². The molecule has 0 aliphatic carbocycles. The van der Waals surface area contributed by atoms with Gasteiger partial charge in [-0.1, -0.05) is 28.9 Å². The maximum absolute atomic E-state index is 12.2. The van der Waals surface area contributed by atoms with Crippen molar-refractivity contribution in [3.63, 3.8) is 0 Å². The maximum atomic E-state index is 12.2. The predicted molar refractivity (Wildman–Crippen MR) is 94.6 cm³/mol. The molecule has 8 heteroatoms. The SMILES string of the molecule is COc1ccc(Br)c(C(=O)OCc2nc(-c3cccc(Cl)c3)no2)c1. The van der Waals surface area contributed by atoms with Gasteiger partial charge in [0.05, 0.1) is 12.7 Å². The number of ether oxygens (including phenoxy) is 2. The van der Waals surface area contributed by atoms with Crippen LogP contribution in [0.4, 0.5) is 0 Å². The summed E-state index contributed by atoms with van der Waals surface area (Å²) >= 11 is 9.25. The topological polar surface area (TPSA) is 74.5 Å². The summed E-state index contributed by atoms with van der Waals surface area (Å²) in [6, 6.07) is 12.1. The molecule has 0 N–H and O–H groups in total. The third kappa shape index (κ3) is 4.18. The van der Waals surface area contributed by atoms with Crippen molar-refractivity contribution >= 4 is 33.5 Å². The molecule has 0 radical (unpaired) electrons. The number of aromatic nitrogens is 2. The molecule has 0 amide bonds. The number of nitrogens with zero attached hydrogens (tertiary/aromatic N) is 2. The summed E-state index contributed by atoms with van der Waals surface area (Å²) in [6.07, 6.45) is 0. The molecule has 0 aliphatic heterocycles. The molecule has 0 spiro atoms. The number of methoxy groups -OCH3 is 1. The van der Waals surface area contributed by atoms with Crippen LogP contribution in [0.2, 0.25) is 5.02 Å². The van der Waals surface area contributed by atoms with Gasteiger partial charge in [-0.15, -0.1) is 0 Å². The van der Waals surface area contributed by atoms with Gasteiger partial charge in [0.15, 0.2) is 6.61 Å². The zero-order valence-corrected chi connectivity index (χ0v) is 15.4. The molecule has 0 unspecified atom stereocenters. The number of carbonyl (C=O) groups excluding carboxylic acids is 1. The number of benzene rings is 2. The van der Waals surface area contributed by atoms with E-state index in [9.17, 15) is 4.79 Å². The molecule has 128 valence electrons. The Labute approximate surface area is 156 Å².